The maximum Gasteiger partial charge on any atom is 0.254 e. The zero-order chi connectivity index (χ0) is 17.8. The van der Waals surface area contributed by atoms with E-state index in [0.717, 1.165) is 6.54 Å². The second-order valence-corrected chi connectivity index (χ2v) is 6.36. The molecular formula is C19H21N3O3. The van der Waals surface area contributed by atoms with Crippen molar-refractivity contribution in [3.05, 3.63) is 59.0 Å². The van der Waals surface area contributed by atoms with Gasteiger partial charge in [-0.2, -0.15) is 5.26 Å². The molecule has 6 heteroatoms. The highest BCUT2D eigenvalue weighted by Gasteiger charge is 2.31. The van der Waals surface area contributed by atoms with Crippen molar-refractivity contribution in [2.45, 2.75) is 32.0 Å². The Morgan fingerprint density at radius 2 is 2.20 bits per heavy atom. The van der Waals surface area contributed by atoms with Gasteiger partial charge in [0.2, 0.25) is 5.76 Å². The van der Waals surface area contributed by atoms with Gasteiger partial charge in [0.05, 0.1) is 11.7 Å². The third-order valence-corrected chi connectivity index (χ3v) is 4.51. The van der Waals surface area contributed by atoms with E-state index in [9.17, 15) is 9.90 Å². The molecule has 2 heterocycles. The number of aliphatic hydroxyl groups is 1. The molecule has 130 valence electrons. The number of nitriles is 1. The van der Waals surface area contributed by atoms with Crippen LogP contribution in [-0.4, -0.2) is 41.1 Å². The van der Waals surface area contributed by atoms with Gasteiger partial charge in [-0.05, 0) is 18.9 Å². The van der Waals surface area contributed by atoms with Crippen molar-refractivity contribution in [2.24, 2.45) is 0 Å². The molecule has 2 aromatic rings. The molecule has 0 radical (unpaired) electrons. The van der Waals surface area contributed by atoms with Crippen LogP contribution in [0.2, 0.25) is 0 Å². The number of β-amino-alcohol motifs (C(OH)–C–C–N with tert-alkyl or cyclic N) is 1. The Kier molecular flexibility index (Phi) is 5.17. The standard InChI is InChI=1S/C19H21N3O3/c1-13-18(8-17(9-20)25-13)19(24)21-10-15-7-16(23)12-22(15)11-14-5-3-2-4-6-14/h2-6,8,15-16,23H,7,10-12H2,1H3,(H,21,24)/t15-,16+/m0/s1. The molecule has 1 fully saturated rings. The zero-order valence-electron chi connectivity index (χ0n) is 14.1. The number of likely N-dealkylation sites (tertiary alicyclic amines) is 1. The van der Waals surface area contributed by atoms with E-state index in [-0.39, 0.29) is 23.8 Å². The zero-order valence-corrected chi connectivity index (χ0v) is 14.1. The second-order valence-electron chi connectivity index (χ2n) is 6.36. The van der Waals surface area contributed by atoms with Gasteiger partial charge in [-0.3, -0.25) is 9.69 Å². The molecule has 0 bridgehead atoms. The molecule has 1 aromatic carbocycles. The van der Waals surface area contributed by atoms with Crippen LogP contribution in [0.15, 0.2) is 40.8 Å². The number of furan rings is 1. The average Bonchev–Trinajstić information content (AvgIpc) is 3.16. The van der Waals surface area contributed by atoms with Gasteiger partial charge in [0, 0.05) is 31.7 Å². The van der Waals surface area contributed by atoms with Crippen molar-refractivity contribution < 1.29 is 14.3 Å². The predicted molar refractivity (Wildman–Crippen MR) is 91.8 cm³/mol. The van der Waals surface area contributed by atoms with Crippen LogP contribution >= 0.6 is 0 Å². The molecule has 1 aromatic heterocycles. The van der Waals surface area contributed by atoms with E-state index in [1.807, 2.05) is 24.3 Å². The predicted octanol–water partition coefficient (Wildman–Crippen LogP) is 1.82. The molecule has 0 spiro atoms. The van der Waals surface area contributed by atoms with Gasteiger partial charge >= 0.3 is 0 Å². The summed E-state index contributed by atoms with van der Waals surface area (Å²) < 4.78 is 5.20. The van der Waals surface area contributed by atoms with Crippen molar-refractivity contribution in [3.8, 4) is 6.07 Å². The first kappa shape index (κ1) is 17.2. The Balaban J connectivity index is 1.61. The van der Waals surface area contributed by atoms with E-state index >= 15 is 0 Å². The fourth-order valence-corrected chi connectivity index (χ4v) is 3.25. The lowest BCUT2D eigenvalue weighted by atomic mass is 10.1. The molecule has 25 heavy (non-hydrogen) atoms. The smallest absolute Gasteiger partial charge is 0.254 e. The molecule has 0 aliphatic carbocycles. The topological polar surface area (TPSA) is 89.5 Å². The quantitative estimate of drug-likeness (QED) is 0.867. The summed E-state index contributed by atoms with van der Waals surface area (Å²) in [6.07, 6.45) is 0.243. The summed E-state index contributed by atoms with van der Waals surface area (Å²) in [4.78, 5) is 14.5. The van der Waals surface area contributed by atoms with Crippen LogP contribution in [0.3, 0.4) is 0 Å². The first-order chi connectivity index (χ1) is 12.1. The summed E-state index contributed by atoms with van der Waals surface area (Å²) in [6.45, 7) is 3.44. The van der Waals surface area contributed by atoms with E-state index in [1.54, 1.807) is 6.92 Å². The lowest BCUT2D eigenvalue weighted by molar-refractivity contribution is 0.0938. The monoisotopic (exact) mass is 339 g/mol. The number of carbonyl (C=O) groups is 1. The molecule has 1 saturated heterocycles. The minimum Gasteiger partial charge on any atom is -0.450 e. The van der Waals surface area contributed by atoms with Gasteiger partial charge < -0.3 is 14.8 Å². The molecule has 2 N–H and O–H groups in total. The van der Waals surface area contributed by atoms with E-state index in [4.69, 9.17) is 9.68 Å². The minimum atomic E-state index is -0.383. The van der Waals surface area contributed by atoms with Crippen LogP contribution in [0.4, 0.5) is 0 Å². The summed E-state index contributed by atoms with van der Waals surface area (Å²) in [5, 5.41) is 21.8. The van der Waals surface area contributed by atoms with Gasteiger partial charge in [-0.15, -0.1) is 0 Å². The van der Waals surface area contributed by atoms with Crippen molar-refractivity contribution in [3.63, 3.8) is 0 Å². The van der Waals surface area contributed by atoms with Gasteiger partial charge in [0.25, 0.3) is 5.91 Å². The van der Waals surface area contributed by atoms with Crippen molar-refractivity contribution in [1.82, 2.24) is 10.2 Å². The number of rotatable bonds is 5. The van der Waals surface area contributed by atoms with Crippen LogP contribution in [0.5, 0.6) is 0 Å². The Bertz CT molecular complexity index is 779. The molecule has 0 unspecified atom stereocenters. The lowest BCUT2D eigenvalue weighted by Gasteiger charge is -2.24. The number of hydrogen-bond donors (Lipinski definition) is 2. The van der Waals surface area contributed by atoms with Crippen LogP contribution in [0.1, 0.15) is 33.9 Å². The fourth-order valence-electron chi connectivity index (χ4n) is 3.25. The van der Waals surface area contributed by atoms with Crippen LogP contribution in [0.25, 0.3) is 0 Å². The molecule has 6 nitrogen and oxygen atoms in total. The summed E-state index contributed by atoms with van der Waals surface area (Å²) in [5.74, 6) is 0.301. The number of hydrogen-bond acceptors (Lipinski definition) is 5. The summed E-state index contributed by atoms with van der Waals surface area (Å²) >= 11 is 0. The average molecular weight is 339 g/mol. The maximum absolute atomic E-state index is 12.3. The van der Waals surface area contributed by atoms with Gasteiger partial charge in [0.15, 0.2) is 0 Å². The number of aryl methyl sites for hydroxylation is 1. The van der Waals surface area contributed by atoms with Crippen molar-refractivity contribution >= 4 is 5.91 Å². The number of aliphatic hydroxyl groups excluding tert-OH is 1. The molecule has 1 aliphatic rings. The molecular weight excluding hydrogens is 318 g/mol. The molecule has 3 rings (SSSR count). The summed E-state index contributed by atoms with van der Waals surface area (Å²) in [6, 6.07) is 13.5. The lowest BCUT2D eigenvalue weighted by Crippen LogP contribution is -2.39. The highest BCUT2D eigenvalue weighted by Crippen LogP contribution is 2.20. The van der Waals surface area contributed by atoms with Crippen molar-refractivity contribution in [2.75, 3.05) is 13.1 Å². The Morgan fingerprint density at radius 1 is 1.44 bits per heavy atom. The summed E-state index contributed by atoms with van der Waals surface area (Å²) in [7, 11) is 0. The molecule has 2 atom stereocenters. The first-order valence-electron chi connectivity index (χ1n) is 8.31. The molecule has 1 amide bonds. The molecule has 1 aliphatic heterocycles. The van der Waals surface area contributed by atoms with Gasteiger partial charge in [-0.1, -0.05) is 30.3 Å². The van der Waals surface area contributed by atoms with Gasteiger partial charge in [0.1, 0.15) is 11.8 Å². The fraction of sp³-hybridized carbons (Fsp3) is 0.368. The van der Waals surface area contributed by atoms with Gasteiger partial charge in [-0.25, -0.2) is 0 Å². The Morgan fingerprint density at radius 3 is 2.88 bits per heavy atom. The van der Waals surface area contributed by atoms with Crippen molar-refractivity contribution in [1.29, 1.82) is 5.26 Å². The van der Waals surface area contributed by atoms with Crippen LogP contribution < -0.4 is 5.32 Å². The van der Waals surface area contributed by atoms with E-state index in [2.05, 4.69) is 22.3 Å². The number of carbonyl (C=O) groups excluding carboxylic acids is 1. The maximum atomic E-state index is 12.3. The summed E-state index contributed by atoms with van der Waals surface area (Å²) in [5.41, 5.74) is 1.56. The number of benzene rings is 1. The highest BCUT2D eigenvalue weighted by atomic mass is 16.3. The third-order valence-electron chi connectivity index (χ3n) is 4.51. The largest absolute Gasteiger partial charge is 0.450 e. The van der Waals surface area contributed by atoms with Crippen LogP contribution in [0, 0.1) is 18.3 Å². The van der Waals surface area contributed by atoms with E-state index in [0.29, 0.717) is 30.8 Å². The number of nitrogens with one attached hydrogen (secondary N) is 1. The van der Waals surface area contributed by atoms with E-state index < -0.39 is 0 Å². The third kappa shape index (κ3) is 4.08. The Labute approximate surface area is 146 Å². The molecule has 0 saturated carbocycles. The minimum absolute atomic E-state index is 0.0711. The SMILES string of the molecule is Cc1oc(C#N)cc1C(=O)NC[C@@H]1C[C@@H](O)CN1Cc1ccccc1. The first-order valence-corrected chi connectivity index (χ1v) is 8.31. The Hall–Kier alpha value is -2.62. The number of amides is 1. The highest BCUT2D eigenvalue weighted by molar-refractivity contribution is 5.95. The normalized spacial score (nSPS) is 20.4. The van der Waals surface area contributed by atoms with E-state index in [1.165, 1.54) is 11.6 Å². The van der Waals surface area contributed by atoms with Crippen LogP contribution in [-0.2, 0) is 6.54 Å². The second kappa shape index (κ2) is 7.51. The number of nitrogens with zero attached hydrogens (tertiary/aromatic N) is 2.